The molecular weight excluding hydrogens is 1120 g/mol. The molecule has 9 heteroatoms. The first-order chi connectivity index (χ1) is 37.1. The van der Waals surface area contributed by atoms with Gasteiger partial charge in [0.1, 0.15) is 0 Å². The zero-order valence-corrected chi connectivity index (χ0v) is 50.5. The van der Waals surface area contributed by atoms with Crippen molar-refractivity contribution >= 4 is 73.3 Å². The molecule has 0 saturated carbocycles. The number of halogens is 2. The van der Waals surface area contributed by atoms with Gasteiger partial charge in [-0.3, -0.25) is 0 Å². The van der Waals surface area contributed by atoms with E-state index in [1.807, 2.05) is 0 Å². The van der Waals surface area contributed by atoms with Crippen LogP contribution in [0.4, 0.5) is 11.4 Å². The summed E-state index contributed by atoms with van der Waals surface area (Å²) in [5.41, 5.74) is 22.7. The molecule has 10 rings (SSSR count). The van der Waals surface area contributed by atoms with Crippen molar-refractivity contribution in [1.29, 1.82) is 0 Å². The molecule has 0 atom stereocenters. The molecule has 0 aliphatic carbocycles. The summed E-state index contributed by atoms with van der Waals surface area (Å²) >= 11 is 6.00. The minimum absolute atomic E-state index is 0.389. The van der Waals surface area contributed by atoms with E-state index in [-0.39, 0.29) is 0 Å². The van der Waals surface area contributed by atoms with Crippen molar-refractivity contribution < 1.29 is 10.9 Å². The second kappa shape index (κ2) is 25.8. The van der Waals surface area contributed by atoms with Crippen LogP contribution in [0.2, 0.25) is 0 Å². The van der Waals surface area contributed by atoms with E-state index < -0.39 is 0 Å². The zero-order chi connectivity index (χ0) is 54.9. The van der Waals surface area contributed by atoms with Crippen molar-refractivity contribution in [3.63, 3.8) is 0 Å². The number of para-hydroxylation sites is 2. The minimum atomic E-state index is 0.389. The molecule has 0 spiro atoms. The Hall–Kier alpha value is -6.51. The first-order valence-corrected chi connectivity index (χ1v) is 31.4. The van der Waals surface area contributed by atoms with E-state index >= 15 is 0 Å². The van der Waals surface area contributed by atoms with Gasteiger partial charge in [0.2, 0.25) is 0 Å². The molecular formula is C68H70Br2N6Ni. The SMILES string of the molecule is CC(=Nc1c(C(C)C)cccc1C(C)C)c1nc2c(-c3ccccc3)ccc(-c3ccccc3)c2n1C.CC(=Nc1c(C(C)C)cccc1C(C)C)c1nc2c(-c3ccccc3)ccc(-c3ccccc3)c2n1C.[Br][Ni][Br]. The molecule has 0 N–H and O–H groups in total. The van der Waals surface area contributed by atoms with Crippen molar-refractivity contribution in [2.45, 2.75) is 92.9 Å². The van der Waals surface area contributed by atoms with Gasteiger partial charge in [-0.15, -0.1) is 0 Å². The number of aryl methyl sites for hydroxylation is 2. The summed E-state index contributed by atoms with van der Waals surface area (Å²) in [6.07, 6.45) is 0. The molecule has 0 aliphatic rings. The van der Waals surface area contributed by atoms with Crippen molar-refractivity contribution in [2.75, 3.05) is 0 Å². The first kappa shape index (κ1) is 56.7. The summed E-state index contributed by atoms with van der Waals surface area (Å²) in [4.78, 5) is 21.0. The third kappa shape index (κ3) is 12.4. The molecule has 0 saturated heterocycles. The molecule has 396 valence electrons. The van der Waals surface area contributed by atoms with E-state index in [0.717, 1.165) is 67.6 Å². The van der Waals surface area contributed by atoms with Crippen molar-refractivity contribution in [3.05, 3.63) is 216 Å². The summed E-state index contributed by atoms with van der Waals surface area (Å²) in [5.74, 6) is 3.34. The number of rotatable bonds is 12. The Kier molecular flexibility index (Phi) is 19.0. The fraction of sp³-hybridized carbons (Fsp3) is 0.235. The number of aliphatic imine (C=N–C) groups is 2. The Morgan fingerprint density at radius 2 is 0.623 bits per heavy atom. The van der Waals surface area contributed by atoms with Crippen LogP contribution in [0.1, 0.15) is 127 Å². The van der Waals surface area contributed by atoms with Crippen LogP contribution in [0.3, 0.4) is 0 Å². The topological polar surface area (TPSA) is 60.4 Å². The molecule has 2 heterocycles. The number of fused-ring (bicyclic) bond motifs is 2. The van der Waals surface area contributed by atoms with Crippen molar-refractivity contribution in [3.8, 4) is 44.5 Å². The van der Waals surface area contributed by atoms with E-state index in [2.05, 4.69) is 303 Å². The molecule has 0 aliphatic heterocycles. The molecule has 0 radical (unpaired) electrons. The number of hydrogen-bond acceptors (Lipinski definition) is 4. The fourth-order valence-electron chi connectivity index (χ4n) is 10.4. The van der Waals surface area contributed by atoms with Crippen LogP contribution in [0.25, 0.3) is 66.6 Å². The summed E-state index contributed by atoms with van der Waals surface area (Å²) in [7, 11) is 5.48. The van der Waals surface area contributed by atoms with Crippen LogP contribution in [-0.4, -0.2) is 30.5 Å². The van der Waals surface area contributed by atoms with Gasteiger partial charge in [-0.05, 0) is 82.0 Å². The monoisotopic (exact) mass is 1190 g/mol. The Labute approximate surface area is 477 Å². The fourth-order valence-corrected chi connectivity index (χ4v) is 10.4. The Morgan fingerprint density at radius 1 is 0.377 bits per heavy atom. The Balaban J connectivity index is 0.000000194. The van der Waals surface area contributed by atoms with Crippen LogP contribution in [0, 0.1) is 0 Å². The molecule has 8 aromatic carbocycles. The Morgan fingerprint density at radius 3 is 0.883 bits per heavy atom. The van der Waals surface area contributed by atoms with Crippen LogP contribution in [0.5, 0.6) is 0 Å². The van der Waals surface area contributed by atoms with E-state index in [0.29, 0.717) is 23.7 Å². The van der Waals surface area contributed by atoms with Crippen molar-refractivity contribution in [2.24, 2.45) is 24.1 Å². The van der Waals surface area contributed by atoms with Gasteiger partial charge < -0.3 is 9.13 Å². The summed E-state index contributed by atoms with van der Waals surface area (Å²) in [6.45, 7) is 22.1. The van der Waals surface area contributed by atoms with Gasteiger partial charge in [-0.1, -0.05) is 237 Å². The van der Waals surface area contributed by atoms with Gasteiger partial charge in [0.15, 0.2) is 11.6 Å². The molecule has 0 unspecified atom stereocenters. The average Bonchev–Trinajstić information content (AvgIpc) is 3.98. The third-order valence-electron chi connectivity index (χ3n) is 14.3. The maximum atomic E-state index is 5.27. The number of imidazole rings is 2. The van der Waals surface area contributed by atoms with Crippen LogP contribution in [-0.2, 0) is 25.0 Å². The van der Waals surface area contributed by atoms with E-state index in [1.54, 1.807) is 0 Å². The molecule has 77 heavy (non-hydrogen) atoms. The van der Waals surface area contributed by atoms with Crippen LogP contribution >= 0.6 is 28.5 Å². The van der Waals surface area contributed by atoms with E-state index in [1.165, 1.54) is 66.5 Å². The summed E-state index contributed by atoms with van der Waals surface area (Å²) in [5, 5.41) is 0. The molecule has 0 amide bonds. The van der Waals surface area contributed by atoms with E-state index in [4.69, 9.17) is 20.0 Å². The summed E-state index contributed by atoms with van der Waals surface area (Å²) < 4.78 is 4.44. The van der Waals surface area contributed by atoms with Gasteiger partial charge in [-0.2, -0.15) is 0 Å². The summed E-state index contributed by atoms with van der Waals surface area (Å²) in [6, 6.07) is 64.2. The third-order valence-corrected chi connectivity index (χ3v) is 14.3. The Bertz CT molecular complexity index is 3370. The second-order valence-electron chi connectivity index (χ2n) is 20.8. The predicted octanol–water partition coefficient (Wildman–Crippen LogP) is 20.3. The molecule has 10 aromatic rings. The number of aromatic nitrogens is 4. The van der Waals surface area contributed by atoms with Gasteiger partial charge in [-0.25, -0.2) is 20.0 Å². The van der Waals surface area contributed by atoms with Crippen LogP contribution < -0.4 is 0 Å². The standard InChI is InChI=1S/2C34H35N3.2BrH.Ni/c2*1-22(2)27-18-13-19-28(23(3)4)31(27)35-24(5)34-36-32-29(25-14-9-7-10-15-25)20-21-30(33(32)37(34)6)26-16-11-8-12-17-26;;;/h2*7-23H,1-6H3;2*1H;/q;;;;+2/p-2. The maximum absolute atomic E-state index is 5.27. The first-order valence-electron chi connectivity index (χ1n) is 26.5. The second-order valence-corrected chi connectivity index (χ2v) is 25.8. The number of benzene rings is 8. The molecule has 2 aromatic heterocycles. The van der Waals surface area contributed by atoms with Gasteiger partial charge in [0, 0.05) is 36.3 Å². The average molecular weight is 1190 g/mol. The van der Waals surface area contributed by atoms with E-state index in [9.17, 15) is 0 Å². The van der Waals surface area contributed by atoms with Crippen LogP contribution in [0.15, 0.2) is 192 Å². The zero-order valence-electron chi connectivity index (χ0n) is 46.4. The quantitative estimate of drug-likeness (QED) is 0.0904. The number of hydrogen-bond donors (Lipinski definition) is 0. The predicted molar refractivity (Wildman–Crippen MR) is 334 cm³/mol. The van der Waals surface area contributed by atoms with Crippen molar-refractivity contribution in [1.82, 2.24) is 19.1 Å². The van der Waals surface area contributed by atoms with Gasteiger partial charge in [0.25, 0.3) is 0 Å². The normalized spacial score (nSPS) is 12.0. The molecule has 6 nitrogen and oxygen atoms in total. The molecule has 0 bridgehead atoms. The number of nitrogens with zero attached hydrogens (tertiary/aromatic N) is 6. The molecule has 0 fully saturated rings. The van der Waals surface area contributed by atoms with Gasteiger partial charge in [0.05, 0.1) is 44.9 Å². The van der Waals surface area contributed by atoms with Gasteiger partial charge >= 0.3 is 39.3 Å².